The molecule has 0 saturated carbocycles. The maximum atomic E-state index is 12.0. The zero-order valence-electron chi connectivity index (χ0n) is 8.58. The number of anilines is 1. The van der Waals surface area contributed by atoms with Gasteiger partial charge in [-0.2, -0.15) is 0 Å². The Kier molecular flexibility index (Phi) is 2.34. The van der Waals surface area contributed by atoms with Crippen molar-refractivity contribution in [3.05, 3.63) is 41.7 Å². The van der Waals surface area contributed by atoms with E-state index in [4.69, 9.17) is 4.42 Å². The third-order valence-corrected chi connectivity index (χ3v) is 2.95. The Hall–Kier alpha value is -2.21. The highest BCUT2D eigenvalue weighted by Gasteiger charge is 2.13. The molecule has 0 atom stereocenters. The van der Waals surface area contributed by atoms with E-state index in [1.807, 2.05) is 0 Å². The Morgan fingerprint density at radius 1 is 1.35 bits per heavy atom. The maximum absolute atomic E-state index is 12.0. The molecule has 1 N–H and O–H groups in total. The largest absolute Gasteiger partial charge is 0.443 e. The first-order valence-corrected chi connectivity index (χ1v) is 5.75. The third kappa shape index (κ3) is 1.78. The Morgan fingerprint density at radius 3 is 3.12 bits per heavy atom. The quantitative estimate of drug-likeness (QED) is 0.753. The number of fused-ring (bicyclic) bond motifs is 1. The maximum Gasteiger partial charge on any atom is 0.259 e. The van der Waals surface area contributed by atoms with Crippen LogP contribution in [-0.4, -0.2) is 15.9 Å². The average molecular weight is 245 g/mol. The Labute approximate surface area is 100 Å². The second-order valence-electron chi connectivity index (χ2n) is 3.30. The van der Waals surface area contributed by atoms with Crippen molar-refractivity contribution in [1.29, 1.82) is 0 Å². The molecule has 2 heterocycles. The number of carbonyl (C=O) groups excluding carboxylic acids is 1. The molecule has 0 fully saturated rings. The van der Waals surface area contributed by atoms with Crippen LogP contribution in [0.2, 0.25) is 0 Å². The summed E-state index contributed by atoms with van der Waals surface area (Å²) in [5.41, 5.74) is 1.63. The lowest BCUT2D eigenvalue weighted by atomic mass is 10.2. The fourth-order valence-corrected chi connectivity index (χ4v) is 2.04. The first kappa shape index (κ1) is 9.98. The average Bonchev–Trinajstić information content (AvgIpc) is 2.97. The zero-order chi connectivity index (χ0) is 11.7. The van der Waals surface area contributed by atoms with Crippen LogP contribution in [0, 0.1) is 0 Å². The second-order valence-corrected chi connectivity index (χ2v) is 4.19. The molecule has 0 bridgehead atoms. The molecule has 0 aliphatic rings. The van der Waals surface area contributed by atoms with Gasteiger partial charge in [-0.3, -0.25) is 10.1 Å². The molecule has 0 saturated heterocycles. The van der Waals surface area contributed by atoms with E-state index in [2.05, 4.69) is 15.3 Å². The molecule has 0 aliphatic carbocycles. The summed E-state index contributed by atoms with van der Waals surface area (Å²) in [6, 6.07) is 5.22. The number of carbonyl (C=O) groups is 1. The number of hydrogen-bond acceptors (Lipinski definition) is 5. The summed E-state index contributed by atoms with van der Waals surface area (Å²) in [6.45, 7) is 0. The first-order valence-electron chi connectivity index (χ1n) is 4.87. The van der Waals surface area contributed by atoms with Gasteiger partial charge >= 0.3 is 0 Å². The monoisotopic (exact) mass is 245 g/mol. The number of thiazole rings is 1. The Morgan fingerprint density at radius 2 is 2.29 bits per heavy atom. The Balaban J connectivity index is 1.98. The summed E-state index contributed by atoms with van der Waals surface area (Å²) in [4.78, 5) is 20.0. The van der Waals surface area contributed by atoms with Gasteiger partial charge in [0.1, 0.15) is 5.52 Å². The molecule has 84 valence electrons. The highest BCUT2D eigenvalue weighted by molar-refractivity contribution is 7.13. The van der Waals surface area contributed by atoms with Gasteiger partial charge in [-0.25, -0.2) is 9.97 Å². The van der Waals surface area contributed by atoms with Gasteiger partial charge in [0.25, 0.3) is 5.91 Å². The number of para-hydroxylation sites is 1. The zero-order valence-corrected chi connectivity index (χ0v) is 9.40. The molecule has 0 radical (unpaired) electrons. The van der Waals surface area contributed by atoms with Gasteiger partial charge in [-0.15, -0.1) is 11.3 Å². The number of amides is 1. The molecule has 3 aromatic rings. The number of rotatable bonds is 2. The molecule has 1 amide bonds. The van der Waals surface area contributed by atoms with E-state index >= 15 is 0 Å². The van der Waals surface area contributed by atoms with E-state index in [1.165, 1.54) is 17.7 Å². The van der Waals surface area contributed by atoms with Crippen LogP contribution in [0.15, 0.2) is 40.6 Å². The summed E-state index contributed by atoms with van der Waals surface area (Å²) in [5.74, 6) is -0.237. The fourth-order valence-electron chi connectivity index (χ4n) is 1.52. The predicted octanol–water partition coefficient (Wildman–Crippen LogP) is 2.54. The van der Waals surface area contributed by atoms with Gasteiger partial charge in [0.05, 0.1) is 5.56 Å². The number of nitrogens with one attached hydrogen (secondary N) is 1. The Bertz CT molecular complexity index is 660. The van der Waals surface area contributed by atoms with Crippen molar-refractivity contribution in [2.24, 2.45) is 0 Å². The molecule has 1 aromatic carbocycles. The van der Waals surface area contributed by atoms with Crippen molar-refractivity contribution in [1.82, 2.24) is 9.97 Å². The lowest BCUT2D eigenvalue weighted by Gasteiger charge is -2.01. The number of benzene rings is 1. The van der Waals surface area contributed by atoms with E-state index in [9.17, 15) is 4.79 Å². The predicted molar refractivity (Wildman–Crippen MR) is 64.1 cm³/mol. The van der Waals surface area contributed by atoms with E-state index in [0.717, 1.165) is 0 Å². The third-order valence-electron chi connectivity index (χ3n) is 2.26. The highest BCUT2D eigenvalue weighted by Crippen LogP contribution is 2.19. The molecular weight excluding hydrogens is 238 g/mol. The van der Waals surface area contributed by atoms with E-state index in [-0.39, 0.29) is 5.91 Å². The minimum absolute atomic E-state index is 0.237. The van der Waals surface area contributed by atoms with E-state index < -0.39 is 0 Å². The van der Waals surface area contributed by atoms with Crippen LogP contribution in [0.5, 0.6) is 0 Å². The number of hydrogen-bond donors (Lipinski definition) is 1. The first-order chi connectivity index (χ1) is 8.34. The molecule has 0 aliphatic heterocycles. The number of aromatic nitrogens is 2. The van der Waals surface area contributed by atoms with Crippen LogP contribution in [0.1, 0.15) is 10.4 Å². The molecule has 17 heavy (non-hydrogen) atoms. The van der Waals surface area contributed by atoms with Crippen LogP contribution in [0.25, 0.3) is 11.1 Å². The van der Waals surface area contributed by atoms with Crippen molar-refractivity contribution < 1.29 is 9.21 Å². The molecule has 2 aromatic heterocycles. The normalized spacial score (nSPS) is 10.6. The van der Waals surface area contributed by atoms with E-state index in [1.54, 1.807) is 29.8 Å². The highest BCUT2D eigenvalue weighted by atomic mass is 32.1. The second kappa shape index (κ2) is 3.99. The van der Waals surface area contributed by atoms with Gasteiger partial charge < -0.3 is 4.42 Å². The van der Waals surface area contributed by atoms with Crippen molar-refractivity contribution in [2.45, 2.75) is 0 Å². The van der Waals surface area contributed by atoms with Crippen LogP contribution < -0.4 is 5.32 Å². The molecule has 5 nitrogen and oxygen atoms in total. The van der Waals surface area contributed by atoms with Gasteiger partial charge in [0.2, 0.25) is 0 Å². The molecule has 0 unspecified atom stereocenters. The summed E-state index contributed by atoms with van der Waals surface area (Å²) in [6.07, 6.45) is 2.96. The SMILES string of the molecule is O=C(Nc1nccs1)c1cccc2ocnc12. The minimum atomic E-state index is -0.237. The van der Waals surface area contributed by atoms with Crippen LogP contribution >= 0.6 is 11.3 Å². The summed E-state index contributed by atoms with van der Waals surface area (Å²) in [5, 5.41) is 5.07. The minimum Gasteiger partial charge on any atom is -0.443 e. The lowest BCUT2D eigenvalue weighted by Crippen LogP contribution is -2.12. The molecular formula is C11H7N3O2S. The molecule has 0 spiro atoms. The van der Waals surface area contributed by atoms with Crippen molar-refractivity contribution in [3.63, 3.8) is 0 Å². The van der Waals surface area contributed by atoms with Gasteiger partial charge in [0, 0.05) is 11.6 Å². The van der Waals surface area contributed by atoms with Crippen LogP contribution in [-0.2, 0) is 0 Å². The summed E-state index contributed by atoms with van der Waals surface area (Å²) in [7, 11) is 0. The summed E-state index contributed by atoms with van der Waals surface area (Å²) < 4.78 is 5.14. The lowest BCUT2D eigenvalue weighted by molar-refractivity contribution is 0.102. The standard InChI is InChI=1S/C11H7N3O2S/c15-10(14-11-12-4-5-17-11)7-2-1-3-8-9(7)13-6-16-8/h1-6H,(H,12,14,15). The van der Waals surface area contributed by atoms with Gasteiger partial charge in [-0.05, 0) is 12.1 Å². The van der Waals surface area contributed by atoms with Gasteiger partial charge in [-0.1, -0.05) is 6.07 Å². The van der Waals surface area contributed by atoms with E-state index in [0.29, 0.717) is 21.8 Å². The van der Waals surface area contributed by atoms with Crippen molar-refractivity contribution >= 4 is 33.5 Å². The molecule has 3 rings (SSSR count). The number of oxazole rings is 1. The van der Waals surface area contributed by atoms with Crippen LogP contribution in [0.4, 0.5) is 5.13 Å². The summed E-state index contributed by atoms with van der Waals surface area (Å²) >= 11 is 1.37. The smallest absolute Gasteiger partial charge is 0.259 e. The number of nitrogens with zero attached hydrogens (tertiary/aromatic N) is 2. The van der Waals surface area contributed by atoms with Crippen molar-refractivity contribution in [3.8, 4) is 0 Å². The van der Waals surface area contributed by atoms with Crippen molar-refractivity contribution in [2.75, 3.05) is 5.32 Å². The fraction of sp³-hybridized carbons (Fsp3) is 0. The van der Waals surface area contributed by atoms with Gasteiger partial charge in [0.15, 0.2) is 17.1 Å². The van der Waals surface area contributed by atoms with Crippen LogP contribution in [0.3, 0.4) is 0 Å². The molecule has 6 heteroatoms. The topological polar surface area (TPSA) is 68.0 Å².